The molecular weight excluding hydrogens is 342 g/mol. The Hall–Kier alpha value is -2.67. The van der Waals surface area contributed by atoms with Crippen LogP contribution >= 0.6 is 0 Å². The van der Waals surface area contributed by atoms with Crippen LogP contribution in [0, 0.1) is 5.92 Å². The number of aromatic nitrogens is 2. The minimum absolute atomic E-state index is 0.0385. The molecule has 140 valence electrons. The van der Waals surface area contributed by atoms with E-state index < -0.39 is 5.54 Å². The molecule has 0 bridgehead atoms. The van der Waals surface area contributed by atoms with E-state index >= 15 is 0 Å². The van der Waals surface area contributed by atoms with E-state index in [0.717, 1.165) is 37.1 Å². The highest BCUT2D eigenvalue weighted by molar-refractivity contribution is 6.09. The van der Waals surface area contributed by atoms with Crippen molar-refractivity contribution in [2.45, 2.75) is 37.4 Å². The molecule has 0 radical (unpaired) electrons. The Morgan fingerprint density at radius 2 is 2.22 bits per heavy atom. The van der Waals surface area contributed by atoms with Gasteiger partial charge < -0.3 is 10.6 Å². The second-order valence-corrected chi connectivity index (χ2v) is 7.60. The van der Waals surface area contributed by atoms with Crippen LogP contribution in [0.1, 0.15) is 24.8 Å². The second kappa shape index (κ2) is 6.20. The zero-order valence-corrected chi connectivity index (χ0v) is 15.1. The number of carbonyl (C=O) groups excluding carboxylic acids is 2. The molecule has 0 unspecified atom stereocenters. The predicted octanol–water partition coefficient (Wildman–Crippen LogP) is 1.33. The number of hydrogen-bond donors (Lipinski definition) is 2. The zero-order valence-electron chi connectivity index (χ0n) is 15.1. The Labute approximate surface area is 157 Å². The van der Waals surface area contributed by atoms with Gasteiger partial charge in [-0.3, -0.25) is 19.2 Å². The Bertz CT molecular complexity index is 880. The Balaban J connectivity index is 1.44. The summed E-state index contributed by atoms with van der Waals surface area (Å²) in [6.07, 6.45) is 6.46. The smallest absolute Gasteiger partial charge is 0.250 e. The molecule has 3 aliphatic heterocycles. The maximum atomic E-state index is 13.2. The number of anilines is 1. The molecule has 1 spiro atoms. The number of rotatable bonds is 4. The van der Waals surface area contributed by atoms with Crippen LogP contribution < -0.4 is 10.6 Å². The SMILES string of the molecule is O=C(NCCn1cccn1)[C@H]1C[C@H]2CCCN2[C@]12C(=O)Nc1ccccc12. The Kier molecular flexibility index (Phi) is 3.79. The van der Waals surface area contributed by atoms with Crippen molar-refractivity contribution in [3.8, 4) is 0 Å². The molecule has 3 aliphatic rings. The molecular formula is C20H23N5O2. The molecule has 27 heavy (non-hydrogen) atoms. The number of benzene rings is 1. The molecule has 0 saturated carbocycles. The minimum Gasteiger partial charge on any atom is -0.354 e. The fourth-order valence-electron chi connectivity index (χ4n) is 5.23. The summed E-state index contributed by atoms with van der Waals surface area (Å²) in [5.74, 6) is -0.465. The van der Waals surface area contributed by atoms with Crippen LogP contribution in [-0.2, 0) is 21.7 Å². The maximum Gasteiger partial charge on any atom is 0.250 e. The summed E-state index contributed by atoms with van der Waals surface area (Å²) in [5.41, 5.74) is 0.920. The average Bonchev–Trinajstić information content (AvgIpc) is 3.42. The highest BCUT2D eigenvalue weighted by Gasteiger charge is 2.65. The lowest BCUT2D eigenvalue weighted by molar-refractivity contribution is -0.137. The van der Waals surface area contributed by atoms with Gasteiger partial charge in [-0.1, -0.05) is 18.2 Å². The molecule has 1 aromatic heterocycles. The summed E-state index contributed by atoms with van der Waals surface area (Å²) >= 11 is 0. The predicted molar refractivity (Wildman–Crippen MR) is 99.8 cm³/mol. The highest BCUT2D eigenvalue weighted by Crippen LogP contribution is 2.55. The van der Waals surface area contributed by atoms with Crippen LogP contribution in [0.25, 0.3) is 0 Å². The lowest BCUT2D eigenvalue weighted by Crippen LogP contribution is -2.54. The van der Waals surface area contributed by atoms with Crippen molar-refractivity contribution >= 4 is 17.5 Å². The van der Waals surface area contributed by atoms with Gasteiger partial charge in [0.15, 0.2) is 0 Å². The molecule has 7 heteroatoms. The summed E-state index contributed by atoms with van der Waals surface area (Å²) in [6.45, 7) is 1.99. The Morgan fingerprint density at radius 1 is 1.33 bits per heavy atom. The molecule has 5 rings (SSSR count). The Morgan fingerprint density at radius 3 is 3.07 bits per heavy atom. The lowest BCUT2D eigenvalue weighted by atomic mass is 9.78. The number of fused-ring (bicyclic) bond motifs is 4. The number of nitrogens with zero attached hydrogens (tertiary/aromatic N) is 3. The van der Waals surface area contributed by atoms with E-state index in [1.54, 1.807) is 10.9 Å². The number of nitrogens with one attached hydrogen (secondary N) is 2. The first kappa shape index (κ1) is 16.5. The molecule has 4 heterocycles. The quantitative estimate of drug-likeness (QED) is 0.857. The van der Waals surface area contributed by atoms with Gasteiger partial charge >= 0.3 is 0 Å². The van der Waals surface area contributed by atoms with Crippen molar-refractivity contribution in [1.82, 2.24) is 20.0 Å². The molecule has 7 nitrogen and oxygen atoms in total. The van der Waals surface area contributed by atoms with Gasteiger partial charge in [0.1, 0.15) is 5.54 Å². The number of para-hydroxylation sites is 1. The van der Waals surface area contributed by atoms with E-state index in [0.29, 0.717) is 19.1 Å². The first-order chi connectivity index (χ1) is 13.2. The van der Waals surface area contributed by atoms with Gasteiger partial charge in [0.05, 0.1) is 12.5 Å². The lowest BCUT2D eigenvalue weighted by Gasteiger charge is -2.36. The van der Waals surface area contributed by atoms with Gasteiger partial charge in [0.25, 0.3) is 0 Å². The minimum atomic E-state index is -0.868. The van der Waals surface area contributed by atoms with Crippen molar-refractivity contribution in [2.24, 2.45) is 5.92 Å². The fourth-order valence-corrected chi connectivity index (χ4v) is 5.23. The summed E-state index contributed by atoms with van der Waals surface area (Å²) in [6, 6.07) is 9.96. The zero-order chi connectivity index (χ0) is 18.4. The molecule has 2 N–H and O–H groups in total. The first-order valence-electron chi connectivity index (χ1n) is 9.64. The van der Waals surface area contributed by atoms with E-state index in [1.807, 2.05) is 36.5 Å². The van der Waals surface area contributed by atoms with Crippen molar-refractivity contribution in [2.75, 3.05) is 18.4 Å². The molecule has 2 aromatic rings. The monoisotopic (exact) mass is 365 g/mol. The van der Waals surface area contributed by atoms with Crippen LogP contribution in [0.4, 0.5) is 5.69 Å². The fraction of sp³-hybridized carbons (Fsp3) is 0.450. The first-order valence-corrected chi connectivity index (χ1v) is 9.64. The van der Waals surface area contributed by atoms with Crippen molar-refractivity contribution in [3.63, 3.8) is 0 Å². The summed E-state index contributed by atoms with van der Waals surface area (Å²) in [7, 11) is 0. The standard InChI is InChI=1S/C20H23N5O2/c26-18(21-9-12-24-10-4-8-22-24)16-13-14-5-3-11-25(14)20(16)15-6-1-2-7-17(15)23-19(20)27/h1-2,4,6-8,10,14,16H,3,5,9,11-13H2,(H,21,26)(H,23,27)/t14-,16-,20+/m1/s1. The molecule has 0 aliphatic carbocycles. The van der Waals surface area contributed by atoms with Gasteiger partial charge in [-0.05, 0) is 37.9 Å². The van der Waals surface area contributed by atoms with Crippen LogP contribution in [0.5, 0.6) is 0 Å². The summed E-state index contributed by atoms with van der Waals surface area (Å²) in [4.78, 5) is 28.7. The van der Waals surface area contributed by atoms with Crippen LogP contribution in [0.3, 0.4) is 0 Å². The van der Waals surface area contributed by atoms with Crippen LogP contribution in [0.15, 0.2) is 42.7 Å². The third kappa shape index (κ3) is 2.34. The molecule has 2 amide bonds. The number of amides is 2. The van der Waals surface area contributed by atoms with Gasteiger partial charge in [-0.2, -0.15) is 5.10 Å². The van der Waals surface area contributed by atoms with Crippen LogP contribution in [-0.4, -0.2) is 45.6 Å². The van der Waals surface area contributed by atoms with Crippen molar-refractivity contribution in [1.29, 1.82) is 0 Å². The average molecular weight is 365 g/mol. The van der Waals surface area contributed by atoms with E-state index in [9.17, 15) is 9.59 Å². The maximum absolute atomic E-state index is 13.2. The number of hydrogen-bond acceptors (Lipinski definition) is 4. The third-order valence-corrected chi connectivity index (χ3v) is 6.29. The topological polar surface area (TPSA) is 79.3 Å². The molecule has 2 saturated heterocycles. The van der Waals surface area contributed by atoms with Gasteiger partial charge in [-0.15, -0.1) is 0 Å². The molecule has 2 fully saturated rings. The van der Waals surface area contributed by atoms with E-state index in [-0.39, 0.29) is 17.7 Å². The molecule has 1 aromatic carbocycles. The summed E-state index contributed by atoms with van der Waals surface area (Å²) in [5, 5.41) is 10.2. The van der Waals surface area contributed by atoms with Crippen molar-refractivity contribution in [3.05, 3.63) is 48.3 Å². The van der Waals surface area contributed by atoms with Crippen molar-refractivity contribution < 1.29 is 9.59 Å². The van der Waals surface area contributed by atoms with Gasteiger partial charge in [-0.25, -0.2) is 0 Å². The second-order valence-electron chi connectivity index (χ2n) is 7.60. The number of carbonyl (C=O) groups is 2. The third-order valence-electron chi connectivity index (χ3n) is 6.29. The molecule has 3 atom stereocenters. The van der Waals surface area contributed by atoms with Crippen LogP contribution in [0.2, 0.25) is 0 Å². The van der Waals surface area contributed by atoms with E-state index in [1.165, 1.54) is 0 Å². The van der Waals surface area contributed by atoms with E-state index in [2.05, 4.69) is 20.6 Å². The summed E-state index contributed by atoms with van der Waals surface area (Å²) < 4.78 is 1.79. The van der Waals surface area contributed by atoms with Gasteiger partial charge in [0, 0.05) is 36.2 Å². The normalized spacial score (nSPS) is 29.0. The highest BCUT2D eigenvalue weighted by atomic mass is 16.2. The largest absolute Gasteiger partial charge is 0.354 e. The van der Waals surface area contributed by atoms with Gasteiger partial charge in [0.2, 0.25) is 11.8 Å². The van der Waals surface area contributed by atoms with E-state index in [4.69, 9.17) is 0 Å².